The molecule has 0 aliphatic heterocycles. The molecule has 0 saturated carbocycles. The van der Waals surface area contributed by atoms with E-state index in [1.54, 1.807) is 0 Å². The summed E-state index contributed by atoms with van der Waals surface area (Å²) < 4.78 is 12.0. The fourth-order valence-corrected chi connectivity index (χ4v) is 2.46. The van der Waals surface area contributed by atoms with Crippen molar-refractivity contribution < 1.29 is 4.57 Å². The lowest BCUT2D eigenvalue weighted by Crippen LogP contribution is -2.04. The maximum Gasteiger partial charge on any atom is 0.415 e. The highest BCUT2D eigenvalue weighted by Gasteiger charge is 2.21. The van der Waals surface area contributed by atoms with Crippen LogP contribution in [-0.2, 0) is 4.57 Å². The van der Waals surface area contributed by atoms with Crippen molar-refractivity contribution in [2.75, 3.05) is 0 Å². The molecule has 1 nitrogen and oxygen atoms in total. The van der Waals surface area contributed by atoms with E-state index < -0.39 is 7.80 Å². The molecule has 0 atom stereocenters. The van der Waals surface area contributed by atoms with Gasteiger partial charge in [-0.15, -0.1) is 0 Å². The monoisotopic (exact) mass is 261 g/mol. The van der Waals surface area contributed by atoms with E-state index in [-0.39, 0.29) is 0 Å². The van der Waals surface area contributed by atoms with Gasteiger partial charge in [0.25, 0.3) is 0 Å². The first-order valence-corrected chi connectivity index (χ1v) is 7.71. The van der Waals surface area contributed by atoms with Crippen LogP contribution in [0, 0.1) is 0 Å². The van der Waals surface area contributed by atoms with Gasteiger partial charge in [0.15, 0.2) is 10.6 Å². The molecule has 0 heterocycles. The van der Waals surface area contributed by atoms with Gasteiger partial charge in [-0.05, 0) is 24.3 Å². The zero-order valence-electron chi connectivity index (χ0n) is 11.6. The van der Waals surface area contributed by atoms with Crippen LogP contribution in [-0.4, -0.2) is 0 Å². The minimum Gasteiger partial charge on any atom is -0.0683 e. The highest BCUT2D eigenvalue weighted by molar-refractivity contribution is 7.61. The molecule has 2 rings (SSSR count). The molecule has 0 aliphatic rings. The van der Waals surface area contributed by atoms with Crippen LogP contribution < -0.4 is 10.6 Å². The topological polar surface area (TPSA) is 17.1 Å². The molecule has 96 valence electrons. The van der Waals surface area contributed by atoms with Crippen molar-refractivity contribution in [3.63, 3.8) is 0 Å². The summed E-state index contributed by atoms with van der Waals surface area (Å²) in [5.74, 6) is 0. The molecule has 0 aliphatic carbocycles. The van der Waals surface area contributed by atoms with Crippen LogP contribution in [0.5, 0.6) is 0 Å². The maximum atomic E-state index is 12.0. The molecule has 0 radical (unpaired) electrons. The van der Waals surface area contributed by atoms with Gasteiger partial charge in [0, 0.05) is 0 Å². The lowest BCUT2D eigenvalue weighted by Gasteiger charge is -1.87. The summed E-state index contributed by atoms with van der Waals surface area (Å²) in [5, 5.41) is 1.77. The zero-order valence-corrected chi connectivity index (χ0v) is 12.5. The zero-order chi connectivity index (χ0) is 13.8. The highest BCUT2D eigenvalue weighted by atomic mass is 31.1. The van der Waals surface area contributed by atoms with E-state index >= 15 is 0 Å². The Balaban J connectivity index is 0.000000659. The molecule has 0 fully saturated rings. The number of hydrogen-bond acceptors (Lipinski definition) is 1. The quantitative estimate of drug-likeness (QED) is 0.726. The van der Waals surface area contributed by atoms with Crippen LogP contribution in [0.25, 0.3) is 0 Å². The minimum atomic E-state index is -1.42. The molecule has 0 unspecified atom stereocenters. The summed E-state index contributed by atoms with van der Waals surface area (Å²) in [6.45, 7) is 8.00. The van der Waals surface area contributed by atoms with Crippen molar-refractivity contribution in [1.29, 1.82) is 0 Å². The van der Waals surface area contributed by atoms with E-state index in [1.165, 1.54) is 0 Å². The predicted molar refractivity (Wildman–Crippen MR) is 82.5 cm³/mol. The van der Waals surface area contributed by atoms with E-state index in [0.29, 0.717) is 0 Å². The lowest BCUT2D eigenvalue weighted by atomic mass is 10.4. The van der Waals surface area contributed by atoms with Crippen molar-refractivity contribution in [3.8, 4) is 0 Å². The van der Waals surface area contributed by atoms with Gasteiger partial charge in [0.2, 0.25) is 0 Å². The van der Waals surface area contributed by atoms with E-state index in [1.807, 2.05) is 88.4 Å². The average Bonchev–Trinajstić information content (AvgIpc) is 2.52. The second-order valence-electron chi connectivity index (χ2n) is 2.97. The molecule has 2 aromatic rings. The first-order valence-electron chi connectivity index (χ1n) is 6.45. The van der Waals surface area contributed by atoms with Crippen molar-refractivity contribution in [1.82, 2.24) is 0 Å². The Labute approximate surface area is 112 Å². The Morgan fingerprint density at radius 3 is 1.17 bits per heavy atom. The van der Waals surface area contributed by atoms with E-state index in [0.717, 1.165) is 10.6 Å². The molecule has 0 saturated heterocycles. The summed E-state index contributed by atoms with van der Waals surface area (Å²) in [6, 6.07) is 19.1. The molecule has 0 spiro atoms. The van der Waals surface area contributed by atoms with Crippen LogP contribution in [0.1, 0.15) is 27.7 Å². The predicted octanol–water partition coefficient (Wildman–Crippen LogP) is 4.52. The summed E-state index contributed by atoms with van der Waals surface area (Å²) in [5.41, 5.74) is 0. The SMILES string of the molecule is CC.CC.O=[P+](c1ccccc1)c1ccccc1. The van der Waals surface area contributed by atoms with Crippen molar-refractivity contribution in [2.24, 2.45) is 0 Å². The Hall–Kier alpha value is -1.46. The second kappa shape index (κ2) is 10.7. The Bertz CT molecular complexity index is 382. The molecule has 2 heteroatoms. The van der Waals surface area contributed by atoms with Gasteiger partial charge < -0.3 is 0 Å². The molecule has 2 aromatic carbocycles. The third-order valence-electron chi connectivity index (χ3n) is 1.98. The maximum absolute atomic E-state index is 12.0. The number of hydrogen-bond donors (Lipinski definition) is 0. The Morgan fingerprint density at radius 2 is 0.889 bits per heavy atom. The fourth-order valence-electron chi connectivity index (χ4n) is 1.28. The van der Waals surface area contributed by atoms with E-state index in [2.05, 4.69) is 0 Å². The molecule has 0 N–H and O–H groups in total. The van der Waals surface area contributed by atoms with Crippen molar-refractivity contribution in [3.05, 3.63) is 60.7 Å². The average molecular weight is 261 g/mol. The van der Waals surface area contributed by atoms with Gasteiger partial charge >= 0.3 is 7.80 Å². The highest BCUT2D eigenvalue weighted by Crippen LogP contribution is 2.18. The number of rotatable bonds is 2. The lowest BCUT2D eigenvalue weighted by molar-refractivity contribution is 0.598. The van der Waals surface area contributed by atoms with Crippen molar-refractivity contribution >= 4 is 18.4 Å². The molecular formula is C16H22OP+. The fraction of sp³-hybridized carbons (Fsp3) is 0.250. The summed E-state index contributed by atoms with van der Waals surface area (Å²) >= 11 is 0. The van der Waals surface area contributed by atoms with Gasteiger partial charge in [-0.1, -0.05) is 68.7 Å². The number of benzene rings is 2. The second-order valence-corrected chi connectivity index (χ2v) is 4.59. The summed E-state index contributed by atoms with van der Waals surface area (Å²) in [7, 11) is -1.42. The normalized spacial score (nSPS) is 8.22. The molecule has 18 heavy (non-hydrogen) atoms. The molecule has 0 aromatic heterocycles. The summed E-state index contributed by atoms with van der Waals surface area (Å²) in [4.78, 5) is 0. The smallest absolute Gasteiger partial charge is 0.0683 e. The van der Waals surface area contributed by atoms with Gasteiger partial charge in [0.05, 0.1) is 0 Å². The standard InChI is InChI=1S/C12H10OP.2C2H6/c13-14(11-7-3-1-4-8-11)12-9-5-2-6-10-12;2*1-2/h1-10H;2*1-2H3/q+1;;. The van der Waals surface area contributed by atoms with Gasteiger partial charge in [0.1, 0.15) is 0 Å². The minimum absolute atomic E-state index is 0.883. The molecule has 0 amide bonds. The van der Waals surface area contributed by atoms with Crippen LogP contribution in [0.4, 0.5) is 0 Å². The third kappa shape index (κ3) is 5.25. The van der Waals surface area contributed by atoms with Gasteiger partial charge in [-0.3, -0.25) is 0 Å². The Morgan fingerprint density at radius 1 is 0.611 bits per heavy atom. The largest absolute Gasteiger partial charge is 0.415 e. The van der Waals surface area contributed by atoms with Crippen LogP contribution in [0.3, 0.4) is 0 Å². The van der Waals surface area contributed by atoms with Gasteiger partial charge in [-0.2, -0.15) is 0 Å². The molecule has 0 bridgehead atoms. The van der Waals surface area contributed by atoms with E-state index in [9.17, 15) is 4.57 Å². The van der Waals surface area contributed by atoms with Crippen LogP contribution in [0.15, 0.2) is 60.7 Å². The van der Waals surface area contributed by atoms with Crippen molar-refractivity contribution in [2.45, 2.75) is 27.7 Å². The van der Waals surface area contributed by atoms with Crippen LogP contribution >= 0.6 is 7.80 Å². The first kappa shape index (κ1) is 16.5. The third-order valence-corrected chi connectivity index (χ3v) is 3.52. The van der Waals surface area contributed by atoms with E-state index in [4.69, 9.17) is 0 Å². The first-order chi connectivity index (χ1) is 8.88. The Kier molecular flexibility index (Phi) is 9.81. The molecular weight excluding hydrogens is 239 g/mol. The summed E-state index contributed by atoms with van der Waals surface area (Å²) in [6.07, 6.45) is 0. The van der Waals surface area contributed by atoms with Gasteiger partial charge in [-0.25, -0.2) is 0 Å². The van der Waals surface area contributed by atoms with Crippen LogP contribution in [0.2, 0.25) is 0 Å².